The second kappa shape index (κ2) is 6.22. The van der Waals surface area contributed by atoms with E-state index in [0.717, 1.165) is 11.5 Å². The molecule has 0 saturated carbocycles. The molecule has 0 radical (unpaired) electrons. The highest BCUT2D eigenvalue weighted by Crippen LogP contribution is 2.67. The molecule has 138 valence electrons. The van der Waals surface area contributed by atoms with Crippen molar-refractivity contribution in [1.82, 2.24) is 0 Å². The van der Waals surface area contributed by atoms with E-state index in [2.05, 4.69) is 90.1 Å². The fourth-order valence-electron chi connectivity index (χ4n) is 4.01. The van der Waals surface area contributed by atoms with Gasteiger partial charge in [-0.1, -0.05) is 77.9 Å². The molecule has 4 atom stereocenters. The van der Waals surface area contributed by atoms with Gasteiger partial charge in [0.1, 0.15) is 11.5 Å². The monoisotopic (exact) mass is 386 g/mol. The van der Waals surface area contributed by atoms with Crippen LogP contribution >= 0.6 is 15.8 Å². The first-order valence-electron chi connectivity index (χ1n) is 9.28. The molecule has 0 bridgehead atoms. The van der Waals surface area contributed by atoms with E-state index in [9.17, 15) is 0 Å². The van der Waals surface area contributed by atoms with Crippen molar-refractivity contribution in [3.63, 3.8) is 0 Å². The summed E-state index contributed by atoms with van der Waals surface area (Å²) >= 11 is 0. The molecule has 0 aliphatic carbocycles. The van der Waals surface area contributed by atoms with Gasteiger partial charge in [-0.3, -0.25) is 0 Å². The lowest BCUT2D eigenvalue weighted by Crippen LogP contribution is -2.37. The third-order valence-electron chi connectivity index (χ3n) is 4.94. The summed E-state index contributed by atoms with van der Waals surface area (Å²) in [5, 5.41) is 3.12. The molecule has 0 aromatic heterocycles. The Hall–Kier alpha value is -1.10. The molecule has 0 amide bonds. The second-order valence-corrected chi connectivity index (χ2v) is 15.2. The SMILES string of the molecule is CC(C)(C)[P@@]1c2ccccc2O[C@@H]1[C@H]1Oc2ccccc2[P@]1C(C)(C)C. The van der Waals surface area contributed by atoms with Gasteiger partial charge >= 0.3 is 0 Å². The number of ether oxygens (including phenoxy) is 2. The zero-order valence-corrected chi connectivity index (χ0v) is 18.3. The Bertz CT molecular complexity index is 750. The topological polar surface area (TPSA) is 18.5 Å². The summed E-state index contributed by atoms with van der Waals surface area (Å²) in [5.41, 5.74) is 0. The Morgan fingerprint density at radius 1 is 0.615 bits per heavy atom. The van der Waals surface area contributed by atoms with Gasteiger partial charge in [-0.05, 0) is 38.3 Å². The lowest BCUT2D eigenvalue weighted by molar-refractivity contribution is 0.171. The summed E-state index contributed by atoms with van der Waals surface area (Å²) in [6.07, 6.45) is 0. The lowest BCUT2D eigenvalue weighted by atomic mass is 10.3. The summed E-state index contributed by atoms with van der Waals surface area (Å²) in [7, 11) is -0.968. The molecule has 0 saturated heterocycles. The molecule has 4 heteroatoms. The molecule has 0 N–H and O–H groups in total. The molecule has 0 fully saturated rings. The molecule has 2 nitrogen and oxygen atoms in total. The van der Waals surface area contributed by atoms with Gasteiger partial charge < -0.3 is 9.47 Å². The highest BCUT2D eigenvalue weighted by Gasteiger charge is 2.53. The van der Waals surface area contributed by atoms with Crippen LogP contribution < -0.4 is 20.1 Å². The molecule has 4 rings (SSSR count). The van der Waals surface area contributed by atoms with Crippen LogP contribution in [-0.4, -0.2) is 22.0 Å². The molecule has 0 spiro atoms. The van der Waals surface area contributed by atoms with Crippen molar-refractivity contribution in [2.75, 3.05) is 0 Å². The minimum Gasteiger partial charge on any atom is -0.481 e. The smallest absolute Gasteiger partial charge is 0.162 e. The first-order valence-corrected chi connectivity index (χ1v) is 12.1. The lowest BCUT2D eigenvalue weighted by Gasteiger charge is -2.39. The van der Waals surface area contributed by atoms with Crippen LogP contribution in [0.1, 0.15) is 41.5 Å². The molecule has 2 aromatic rings. The standard InChI is InChI=1S/C22H28O2P2/c1-21(2,3)25-17-13-9-7-11-15(17)23-19(25)20-24-16-12-8-10-14-18(16)26(20)22(4,5)6/h7-14,19-20H,1-6H3/t19-,20-,25-,26-/m0/s1. The summed E-state index contributed by atoms with van der Waals surface area (Å²) < 4.78 is 13.2. The predicted molar refractivity (Wildman–Crippen MR) is 114 cm³/mol. The molecule has 2 aliphatic heterocycles. The van der Waals surface area contributed by atoms with E-state index in [1.54, 1.807) is 0 Å². The normalized spacial score (nSPS) is 27.5. The molecule has 0 unspecified atom stereocenters. The summed E-state index contributed by atoms with van der Waals surface area (Å²) in [5.74, 6) is 2.34. The maximum atomic E-state index is 6.61. The number of benzene rings is 2. The molecular weight excluding hydrogens is 358 g/mol. The zero-order valence-electron chi connectivity index (χ0n) is 16.5. The molecule has 26 heavy (non-hydrogen) atoms. The molecule has 2 heterocycles. The van der Waals surface area contributed by atoms with Gasteiger partial charge in [0.25, 0.3) is 0 Å². The fourth-order valence-corrected chi connectivity index (χ4v) is 10.6. The average Bonchev–Trinajstić information content (AvgIpc) is 3.12. The van der Waals surface area contributed by atoms with E-state index >= 15 is 0 Å². The van der Waals surface area contributed by atoms with Crippen LogP contribution in [0.5, 0.6) is 11.5 Å². The first-order chi connectivity index (χ1) is 12.2. The maximum absolute atomic E-state index is 6.61. The number of rotatable bonds is 1. The molecule has 2 aromatic carbocycles. The van der Waals surface area contributed by atoms with Crippen molar-refractivity contribution in [3.05, 3.63) is 48.5 Å². The largest absolute Gasteiger partial charge is 0.481 e. The maximum Gasteiger partial charge on any atom is 0.162 e. The van der Waals surface area contributed by atoms with Crippen LogP contribution in [0.4, 0.5) is 0 Å². The van der Waals surface area contributed by atoms with Gasteiger partial charge in [0, 0.05) is 10.6 Å². The minimum absolute atomic E-state index is 0.111. The Morgan fingerprint density at radius 3 is 1.31 bits per heavy atom. The van der Waals surface area contributed by atoms with Crippen LogP contribution in [0.2, 0.25) is 0 Å². The Balaban J connectivity index is 1.80. The zero-order chi connectivity index (χ0) is 18.7. The van der Waals surface area contributed by atoms with E-state index in [4.69, 9.17) is 9.47 Å². The van der Waals surface area contributed by atoms with Gasteiger partial charge in [0.05, 0.1) is 0 Å². The average molecular weight is 386 g/mol. The Labute approximate surface area is 159 Å². The van der Waals surface area contributed by atoms with Gasteiger partial charge in [-0.2, -0.15) is 0 Å². The van der Waals surface area contributed by atoms with E-state index in [1.165, 1.54) is 10.6 Å². The molecular formula is C22H28O2P2. The van der Waals surface area contributed by atoms with E-state index in [0.29, 0.717) is 0 Å². The fraction of sp³-hybridized carbons (Fsp3) is 0.455. The van der Waals surface area contributed by atoms with Crippen molar-refractivity contribution in [2.24, 2.45) is 0 Å². The third-order valence-corrected chi connectivity index (χ3v) is 11.6. The van der Waals surface area contributed by atoms with Gasteiger partial charge in [-0.25, -0.2) is 0 Å². The van der Waals surface area contributed by atoms with Gasteiger partial charge in [0.2, 0.25) is 0 Å². The summed E-state index contributed by atoms with van der Waals surface area (Å²) in [4.78, 5) is 0. The third kappa shape index (κ3) is 2.96. The number of para-hydroxylation sites is 2. The number of fused-ring (bicyclic) bond motifs is 2. The highest BCUT2D eigenvalue weighted by molar-refractivity contribution is 7.72. The van der Waals surface area contributed by atoms with Crippen molar-refractivity contribution in [1.29, 1.82) is 0 Å². The predicted octanol–water partition coefficient (Wildman–Crippen LogP) is 5.64. The van der Waals surface area contributed by atoms with Crippen molar-refractivity contribution >= 4 is 26.5 Å². The van der Waals surface area contributed by atoms with Crippen LogP contribution in [0.3, 0.4) is 0 Å². The van der Waals surface area contributed by atoms with E-state index in [1.807, 2.05) is 0 Å². The first kappa shape index (κ1) is 18.3. The Morgan fingerprint density at radius 2 is 0.962 bits per heavy atom. The quantitative estimate of drug-likeness (QED) is 0.591. The van der Waals surface area contributed by atoms with Crippen molar-refractivity contribution < 1.29 is 9.47 Å². The Kier molecular flexibility index (Phi) is 4.37. The van der Waals surface area contributed by atoms with Crippen LogP contribution in [0.25, 0.3) is 0 Å². The van der Waals surface area contributed by atoms with Crippen molar-refractivity contribution in [2.45, 2.75) is 63.5 Å². The number of hydrogen-bond acceptors (Lipinski definition) is 2. The molecule has 2 aliphatic rings. The highest BCUT2D eigenvalue weighted by atomic mass is 31.1. The van der Waals surface area contributed by atoms with Crippen LogP contribution in [0, 0.1) is 0 Å². The van der Waals surface area contributed by atoms with E-state index in [-0.39, 0.29) is 22.0 Å². The summed E-state index contributed by atoms with van der Waals surface area (Å²) in [6, 6.07) is 17.2. The van der Waals surface area contributed by atoms with Gasteiger partial charge in [0.15, 0.2) is 11.7 Å². The second-order valence-electron chi connectivity index (χ2n) is 9.03. The van der Waals surface area contributed by atoms with E-state index < -0.39 is 15.8 Å². The van der Waals surface area contributed by atoms with Crippen LogP contribution in [-0.2, 0) is 0 Å². The summed E-state index contributed by atoms with van der Waals surface area (Å²) in [6.45, 7) is 14.1. The van der Waals surface area contributed by atoms with Crippen molar-refractivity contribution in [3.8, 4) is 11.5 Å². The van der Waals surface area contributed by atoms with Gasteiger partial charge in [-0.15, -0.1) is 0 Å². The minimum atomic E-state index is -0.484. The number of hydrogen-bond donors (Lipinski definition) is 0. The van der Waals surface area contributed by atoms with Crippen LogP contribution in [0.15, 0.2) is 48.5 Å².